The van der Waals surface area contributed by atoms with Gasteiger partial charge in [-0.3, -0.25) is 9.59 Å². The summed E-state index contributed by atoms with van der Waals surface area (Å²) in [4.78, 5) is 23.9. The number of carbonyl (C=O) groups excluding carboxylic acids is 2. The Kier molecular flexibility index (Phi) is 5.72. The Morgan fingerprint density at radius 1 is 1.25 bits per heavy atom. The van der Waals surface area contributed by atoms with Crippen LogP contribution in [-0.2, 0) is 9.53 Å². The lowest BCUT2D eigenvalue weighted by Gasteiger charge is -2.27. The maximum absolute atomic E-state index is 12.5. The van der Waals surface area contributed by atoms with Crippen LogP contribution < -0.4 is 5.32 Å². The summed E-state index contributed by atoms with van der Waals surface area (Å²) in [6.45, 7) is 5.81. The van der Waals surface area contributed by atoms with Gasteiger partial charge < -0.3 is 10.1 Å². The van der Waals surface area contributed by atoms with E-state index < -0.39 is 12.0 Å². The molecule has 0 aromatic heterocycles. The second-order valence-corrected chi connectivity index (χ2v) is 6.03. The molecule has 0 saturated heterocycles. The van der Waals surface area contributed by atoms with E-state index >= 15 is 0 Å². The molecule has 0 spiro atoms. The minimum Gasteiger partial charge on any atom is -0.469 e. The number of methoxy groups -OCH3 is 1. The molecule has 1 atom stereocenters. The van der Waals surface area contributed by atoms with Crippen molar-refractivity contribution in [1.82, 2.24) is 5.32 Å². The summed E-state index contributed by atoms with van der Waals surface area (Å²) >= 11 is 5.81. The van der Waals surface area contributed by atoms with Gasteiger partial charge >= 0.3 is 5.97 Å². The van der Waals surface area contributed by atoms with E-state index in [1.807, 2.05) is 20.8 Å². The van der Waals surface area contributed by atoms with E-state index in [1.165, 1.54) is 7.11 Å². The third-order valence-electron chi connectivity index (χ3n) is 2.65. The number of hydrogen-bond donors (Lipinski definition) is 1. The number of nitrogens with one attached hydrogen (secondary N) is 1. The quantitative estimate of drug-likeness (QED) is 0.671. The highest BCUT2D eigenvalue weighted by Gasteiger charge is 2.27. The van der Waals surface area contributed by atoms with Crippen LogP contribution >= 0.6 is 11.6 Å². The molecule has 0 fully saturated rings. The Labute approximate surface area is 124 Å². The van der Waals surface area contributed by atoms with Crippen molar-refractivity contribution in [3.63, 3.8) is 0 Å². The first-order valence-electron chi connectivity index (χ1n) is 6.37. The number of hydrogen-bond acceptors (Lipinski definition) is 4. The minimum absolute atomic E-state index is 0.00473. The topological polar surface area (TPSA) is 55.4 Å². The average Bonchev–Trinajstić information content (AvgIpc) is 2.36. The van der Waals surface area contributed by atoms with Crippen LogP contribution in [0.15, 0.2) is 24.3 Å². The molecular weight excluding hydrogens is 278 g/mol. The largest absolute Gasteiger partial charge is 0.469 e. The van der Waals surface area contributed by atoms with Crippen molar-refractivity contribution >= 4 is 23.4 Å². The molecule has 20 heavy (non-hydrogen) atoms. The second kappa shape index (κ2) is 6.86. The lowest BCUT2D eigenvalue weighted by Crippen LogP contribution is -2.48. The molecular formula is C15H20ClNO3. The number of halogens is 1. The molecule has 0 aliphatic rings. The lowest BCUT2D eigenvalue weighted by atomic mass is 9.98. The van der Waals surface area contributed by atoms with Crippen LogP contribution in [0.1, 0.15) is 37.6 Å². The first-order chi connectivity index (χ1) is 9.23. The molecule has 5 heteroatoms. The zero-order valence-electron chi connectivity index (χ0n) is 12.2. The molecule has 0 bridgehead atoms. The molecule has 0 radical (unpaired) electrons. The molecule has 1 N–H and O–H groups in total. The molecule has 1 aromatic rings. The van der Waals surface area contributed by atoms with E-state index in [9.17, 15) is 9.59 Å². The Balaban J connectivity index is 2.93. The second-order valence-electron chi connectivity index (χ2n) is 5.60. The van der Waals surface area contributed by atoms with E-state index in [1.54, 1.807) is 24.3 Å². The van der Waals surface area contributed by atoms with Crippen molar-refractivity contribution in [1.29, 1.82) is 0 Å². The number of esters is 1. The van der Waals surface area contributed by atoms with Gasteiger partial charge in [-0.1, -0.05) is 11.6 Å². The first kappa shape index (κ1) is 16.7. The third-order valence-corrected chi connectivity index (χ3v) is 2.90. The van der Waals surface area contributed by atoms with Crippen molar-refractivity contribution in [2.45, 2.75) is 38.8 Å². The van der Waals surface area contributed by atoms with Crippen molar-refractivity contribution < 1.29 is 14.3 Å². The summed E-state index contributed by atoms with van der Waals surface area (Å²) in [5.41, 5.74) is 0.223. The molecule has 1 unspecified atom stereocenters. The van der Waals surface area contributed by atoms with Gasteiger partial charge in [0.2, 0.25) is 0 Å². The van der Waals surface area contributed by atoms with Crippen LogP contribution in [0.4, 0.5) is 0 Å². The van der Waals surface area contributed by atoms with Crippen molar-refractivity contribution in [2.24, 2.45) is 0 Å². The van der Waals surface area contributed by atoms with Crippen LogP contribution in [0.5, 0.6) is 0 Å². The number of carbonyl (C=O) groups is 2. The van der Waals surface area contributed by atoms with Gasteiger partial charge in [-0.15, -0.1) is 0 Å². The van der Waals surface area contributed by atoms with Gasteiger partial charge in [0.1, 0.15) is 0 Å². The zero-order valence-corrected chi connectivity index (χ0v) is 13.0. The normalized spacial score (nSPS) is 12.8. The molecule has 1 rings (SSSR count). The van der Waals surface area contributed by atoms with Gasteiger partial charge in [0, 0.05) is 16.1 Å². The smallest absolute Gasteiger partial charge is 0.307 e. The Morgan fingerprint density at radius 2 is 1.80 bits per heavy atom. The van der Waals surface area contributed by atoms with E-state index in [4.69, 9.17) is 11.6 Å². The fourth-order valence-electron chi connectivity index (χ4n) is 1.80. The summed E-state index contributed by atoms with van der Waals surface area (Å²) in [6, 6.07) is 5.99. The van der Waals surface area contributed by atoms with Gasteiger partial charge in [-0.25, -0.2) is 0 Å². The van der Waals surface area contributed by atoms with E-state index in [0.29, 0.717) is 10.6 Å². The molecule has 0 heterocycles. The molecule has 0 aliphatic heterocycles. The van der Waals surface area contributed by atoms with Gasteiger partial charge in [0.25, 0.3) is 0 Å². The van der Waals surface area contributed by atoms with Gasteiger partial charge in [-0.2, -0.15) is 0 Å². The summed E-state index contributed by atoms with van der Waals surface area (Å²) in [5.74, 6) is -0.573. The SMILES string of the molecule is COC(=O)CC(NC(C)(C)C)C(=O)c1ccc(Cl)cc1. The molecule has 0 saturated carbocycles. The molecule has 1 aromatic carbocycles. The number of Topliss-reactive ketones (excluding diaryl/α,β-unsaturated/α-hetero) is 1. The summed E-state index contributed by atoms with van der Waals surface area (Å²) in [7, 11) is 1.31. The third kappa shape index (κ3) is 5.31. The van der Waals surface area contributed by atoms with E-state index in [0.717, 1.165) is 0 Å². The van der Waals surface area contributed by atoms with Crippen LogP contribution in [0.25, 0.3) is 0 Å². The Hall–Kier alpha value is -1.39. The maximum Gasteiger partial charge on any atom is 0.307 e. The number of rotatable bonds is 5. The minimum atomic E-state index is -0.622. The number of ether oxygens (including phenoxy) is 1. The molecule has 4 nitrogen and oxygen atoms in total. The molecule has 0 aliphatic carbocycles. The highest BCUT2D eigenvalue weighted by atomic mass is 35.5. The fraction of sp³-hybridized carbons (Fsp3) is 0.467. The van der Waals surface area contributed by atoms with Gasteiger partial charge in [0.15, 0.2) is 5.78 Å². The summed E-state index contributed by atoms with van der Waals surface area (Å²) < 4.78 is 4.65. The number of ketones is 1. The summed E-state index contributed by atoms with van der Waals surface area (Å²) in [5, 5.41) is 3.72. The van der Waals surface area contributed by atoms with Crippen molar-refractivity contribution in [3.8, 4) is 0 Å². The van der Waals surface area contributed by atoms with Crippen LogP contribution in [0.3, 0.4) is 0 Å². The van der Waals surface area contributed by atoms with Crippen LogP contribution in [0.2, 0.25) is 5.02 Å². The van der Waals surface area contributed by atoms with Crippen LogP contribution in [-0.4, -0.2) is 30.4 Å². The monoisotopic (exact) mass is 297 g/mol. The van der Waals surface area contributed by atoms with Gasteiger partial charge in [0.05, 0.1) is 19.6 Å². The highest BCUT2D eigenvalue weighted by Crippen LogP contribution is 2.14. The molecule has 0 amide bonds. The highest BCUT2D eigenvalue weighted by molar-refractivity contribution is 6.30. The lowest BCUT2D eigenvalue weighted by molar-refractivity contribution is -0.141. The van der Waals surface area contributed by atoms with Crippen molar-refractivity contribution in [3.05, 3.63) is 34.9 Å². The van der Waals surface area contributed by atoms with E-state index in [2.05, 4.69) is 10.1 Å². The van der Waals surface area contributed by atoms with Crippen molar-refractivity contribution in [2.75, 3.05) is 7.11 Å². The average molecular weight is 298 g/mol. The predicted molar refractivity (Wildman–Crippen MR) is 79.1 cm³/mol. The fourth-order valence-corrected chi connectivity index (χ4v) is 1.92. The standard InChI is InChI=1S/C15H20ClNO3/c1-15(2,3)17-12(9-13(18)20-4)14(19)10-5-7-11(16)8-6-10/h5-8,12,17H,9H2,1-4H3. The van der Waals surface area contributed by atoms with E-state index in [-0.39, 0.29) is 17.7 Å². The maximum atomic E-state index is 12.5. The summed E-state index contributed by atoms with van der Waals surface area (Å²) in [6.07, 6.45) is -0.00473. The molecule has 110 valence electrons. The first-order valence-corrected chi connectivity index (χ1v) is 6.75. The Bertz CT molecular complexity index is 477. The predicted octanol–water partition coefficient (Wildman–Crippen LogP) is 2.84. The van der Waals surface area contributed by atoms with Crippen LogP contribution in [0, 0.1) is 0 Å². The van der Waals surface area contributed by atoms with Gasteiger partial charge in [-0.05, 0) is 45.0 Å². The number of benzene rings is 1. The Morgan fingerprint density at radius 3 is 2.25 bits per heavy atom. The zero-order chi connectivity index (χ0) is 15.3.